The first-order chi connectivity index (χ1) is 7.27. The summed E-state index contributed by atoms with van der Waals surface area (Å²) >= 11 is 0. The highest BCUT2D eigenvalue weighted by Crippen LogP contribution is 2.39. The van der Waals surface area contributed by atoms with Crippen molar-refractivity contribution in [3.05, 3.63) is 46.8 Å². The minimum Gasteiger partial charge on any atom is -0.302 e. The number of halogens is 1. The number of benzene rings is 1. The van der Waals surface area contributed by atoms with Gasteiger partial charge in [0.15, 0.2) is 0 Å². The molecular formula is C12H10FNO. The highest BCUT2D eigenvalue weighted by molar-refractivity contribution is 5.79. The van der Waals surface area contributed by atoms with Crippen LogP contribution >= 0.6 is 0 Å². The van der Waals surface area contributed by atoms with Crippen molar-refractivity contribution in [2.45, 2.75) is 18.6 Å². The van der Waals surface area contributed by atoms with Crippen molar-refractivity contribution in [3.63, 3.8) is 0 Å². The van der Waals surface area contributed by atoms with Gasteiger partial charge < -0.3 is 4.57 Å². The van der Waals surface area contributed by atoms with E-state index in [2.05, 4.69) is 0 Å². The van der Waals surface area contributed by atoms with Gasteiger partial charge in [-0.25, -0.2) is 4.39 Å². The lowest BCUT2D eigenvalue weighted by atomic mass is 10.2. The number of fused-ring (bicyclic) bond motifs is 1. The normalized spacial score (nSPS) is 24.3. The van der Waals surface area contributed by atoms with Crippen LogP contribution in [0.5, 0.6) is 0 Å². The molecule has 0 saturated heterocycles. The van der Waals surface area contributed by atoms with Gasteiger partial charge in [-0.2, -0.15) is 0 Å². The van der Waals surface area contributed by atoms with Gasteiger partial charge in [0.2, 0.25) is 0 Å². The number of aromatic nitrogens is 1. The quantitative estimate of drug-likeness (QED) is 0.697. The molecule has 0 aliphatic heterocycles. The van der Waals surface area contributed by atoms with Crippen LogP contribution in [0.4, 0.5) is 4.39 Å². The van der Waals surface area contributed by atoms with Gasteiger partial charge in [0.1, 0.15) is 6.17 Å². The minimum atomic E-state index is -0.853. The van der Waals surface area contributed by atoms with Crippen molar-refractivity contribution < 1.29 is 4.39 Å². The Morgan fingerprint density at radius 3 is 2.67 bits per heavy atom. The van der Waals surface area contributed by atoms with E-state index in [1.165, 1.54) is 6.07 Å². The maximum atomic E-state index is 13.0. The molecule has 76 valence electrons. The Morgan fingerprint density at radius 1 is 1.20 bits per heavy atom. The van der Waals surface area contributed by atoms with Crippen molar-refractivity contribution in [1.29, 1.82) is 0 Å². The van der Waals surface area contributed by atoms with Crippen molar-refractivity contribution in [2.24, 2.45) is 0 Å². The second-order valence-corrected chi connectivity index (χ2v) is 3.92. The van der Waals surface area contributed by atoms with E-state index in [0.717, 1.165) is 10.9 Å². The molecule has 0 amide bonds. The van der Waals surface area contributed by atoms with E-state index in [4.69, 9.17) is 0 Å². The molecule has 15 heavy (non-hydrogen) atoms. The van der Waals surface area contributed by atoms with Crippen LogP contribution in [0.15, 0.2) is 41.2 Å². The van der Waals surface area contributed by atoms with E-state index in [1.807, 2.05) is 24.3 Å². The van der Waals surface area contributed by atoms with E-state index in [-0.39, 0.29) is 11.6 Å². The average molecular weight is 203 g/mol. The van der Waals surface area contributed by atoms with E-state index in [1.54, 1.807) is 10.6 Å². The average Bonchev–Trinajstić information content (AvgIpc) is 2.95. The molecule has 1 saturated carbocycles. The minimum absolute atomic E-state index is 0.112. The van der Waals surface area contributed by atoms with E-state index < -0.39 is 6.17 Å². The smallest absolute Gasteiger partial charge is 0.251 e. The van der Waals surface area contributed by atoms with Crippen molar-refractivity contribution >= 4 is 10.9 Å². The van der Waals surface area contributed by atoms with Crippen LogP contribution < -0.4 is 5.56 Å². The van der Waals surface area contributed by atoms with Gasteiger partial charge in [0.05, 0.1) is 11.6 Å². The van der Waals surface area contributed by atoms with Gasteiger partial charge >= 0.3 is 0 Å². The Bertz CT molecular complexity index is 575. The van der Waals surface area contributed by atoms with Gasteiger partial charge in [-0.15, -0.1) is 0 Å². The lowest BCUT2D eigenvalue weighted by Crippen LogP contribution is -2.18. The molecule has 1 heterocycles. The zero-order valence-electron chi connectivity index (χ0n) is 8.06. The second-order valence-electron chi connectivity index (χ2n) is 3.92. The topological polar surface area (TPSA) is 22.0 Å². The zero-order chi connectivity index (χ0) is 10.4. The summed E-state index contributed by atoms with van der Waals surface area (Å²) in [6, 6.07) is 10.6. The molecule has 3 heteroatoms. The fourth-order valence-corrected chi connectivity index (χ4v) is 1.97. The molecule has 1 fully saturated rings. The number of pyridine rings is 1. The summed E-state index contributed by atoms with van der Waals surface area (Å²) in [5.41, 5.74) is 0.717. The van der Waals surface area contributed by atoms with Gasteiger partial charge in [-0.05, 0) is 17.5 Å². The van der Waals surface area contributed by atoms with Crippen LogP contribution in [0, 0.1) is 0 Å². The van der Waals surface area contributed by atoms with Crippen LogP contribution in [-0.2, 0) is 0 Å². The molecule has 1 aliphatic rings. The van der Waals surface area contributed by atoms with Crippen LogP contribution in [0.25, 0.3) is 10.9 Å². The number of alkyl halides is 1. The molecule has 1 aliphatic carbocycles. The summed E-state index contributed by atoms with van der Waals surface area (Å²) in [5, 5.41) is 0.983. The van der Waals surface area contributed by atoms with Crippen LogP contribution in [-0.4, -0.2) is 10.7 Å². The molecule has 1 aromatic carbocycles. The third kappa shape index (κ3) is 1.27. The predicted molar refractivity (Wildman–Crippen MR) is 56.8 cm³/mol. The Hall–Kier alpha value is -1.64. The molecule has 2 aromatic rings. The van der Waals surface area contributed by atoms with Crippen molar-refractivity contribution in [1.82, 2.24) is 4.57 Å². The van der Waals surface area contributed by atoms with E-state index in [0.29, 0.717) is 6.42 Å². The first kappa shape index (κ1) is 8.65. The third-order valence-corrected chi connectivity index (χ3v) is 2.85. The summed E-state index contributed by atoms with van der Waals surface area (Å²) in [4.78, 5) is 11.7. The molecule has 0 N–H and O–H groups in total. The molecule has 0 radical (unpaired) electrons. The monoisotopic (exact) mass is 203 g/mol. The molecule has 3 rings (SSSR count). The van der Waals surface area contributed by atoms with Crippen molar-refractivity contribution in [3.8, 4) is 0 Å². The van der Waals surface area contributed by atoms with E-state index in [9.17, 15) is 9.18 Å². The molecule has 2 nitrogen and oxygen atoms in total. The number of rotatable bonds is 1. The Labute approximate surface area is 86.0 Å². The highest BCUT2D eigenvalue weighted by atomic mass is 19.1. The van der Waals surface area contributed by atoms with Crippen LogP contribution in [0.2, 0.25) is 0 Å². The van der Waals surface area contributed by atoms with Crippen LogP contribution in [0.1, 0.15) is 12.5 Å². The molecule has 2 atom stereocenters. The lowest BCUT2D eigenvalue weighted by Gasteiger charge is -2.07. The zero-order valence-corrected chi connectivity index (χ0v) is 8.06. The number of para-hydroxylation sites is 1. The number of hydrogen-bond donors (Lipinski definition) is 0. The molecular weight excluding hydrogens is 193 g/mol. The van der Waals surface area contributed by atoms with Crippen LogP contribution in [0.3, 0.4) is 0 Å². The maximum Gasteiger partial charge on any atom is 0.251 e. The summed E-state index contributed by atoms with van der Waals surface area (Å²) < 4.78 is 14.6. The Balaban J connectivity index is 2.34. The molecule has 2 unspecified atom stereocenters. The molecule has 0 spiro atoms. The van der Waals surface area contributed by atoms with Crippen molar-refractivity contribution in [2.75, 3.05) is 0 Å². The third-order valence-electron chi connectivity index (χ3n) is 2.85. The fourth-order valence-electron chi connectivity index (χ4n) is 1.97. The summed E-state index contributed by atoms with van der Waals surface area (Å²) in [7, 11) is 0. The lowest BCUT2D eigenvalue weighted by molar-refractivity contribution is 0.442. The summed E-state index contributed by atoms with van der Waals surface area (Å²) in [6.45, 7) is 0. The first-order valence-corrected chi connectivity index (χ1v) is 5.02. The highest BCUT2D eigenvalue weighted by Gasteiger charge is 2.40. The maximum absolute atomic E-state index is 13.0. The number of nitrogens with zero attached hydrogens (tertiary/aromatic N) is 1. The summed E-state index contributed by atoms with van der Waals surface area (Å²) in [5.74, 6) is 0. The van der Waals surface area contributed by atoms with Gasteiger partial charge in [-0.3, -0.25) is 4.79 Å². The van der Waals surface area contributed by atoms with Gasteiger partial charge in [-0.1, -0.05) is 18.2 Å². The predicted octanol–water partition coefficient (Wildman–Crippen LogP) is 2.28. The largest absolute Gasteiger partial charge is 0.302 e. The Kier molecular flexibility index (Phi) is 1.69. The van der Waals surface area contributed by atoms with E-state index >= 15 is 0 Å². The standard InChI is InChI=1S/C12H10FNO/c13-9-7-11(9)14-10-4-2-1-3-8(10)5-6-12(14)15/h1-6,9,11H,7H2. The number of hydrogen-bond acceptors (Lipinski definition) is 1. The second kappa shape index (κ2) is 2.92. The Morgan fingerprint density at radius 2 is 1.93 bits per heavy atom. The first-order valence-electron chi connectivity index (χ1n) is 5.02. The molecule has 1 aromatic heterocycles. The van der Waals surface area contributed by atoms with Gasteiger partial charge in [0.25, 0.3) is 5.56 Å². The molecule has 0 bridgehead atoms. The SMILES string of the molecule is O=c1ccc2ccccc2n1C1CC1F. The summed E-state index contributed by atoms with van der Waals surface area (Å²) in [6.07, 6.45) is -0.387. The van der Waals surface area contributed by atoms with Gasteiger partial charge in [0, 0.05) is 12.5 Å². The fraction of sp³-hybridized carbons (Fsp3) is 0.250.